The summed E-state index contributed by atoms with van der Waals surface area (Å²) in [6, 6.07) is -0.539. The highest BCUT2D eigenvalue weighted by Crippen LogP contribution is 2.07. The van der Waals surface area contributed by atoms with Crippen LogP contribution in [0.15, 0.2) is 0 Å². The van der Waals surface area contributed by atoms with Gasteiger partial charge in [-0.1, -0.05) is 13.8 Å². The van der Waals surface area contributed by atoms with Crippen molar-refractivity contribution in [3.63, 3.8) is 0 Å². The zero-order valence-corrected chi connectivity index (χ0v) is 11.6. The third-order valence-corrected chi connectivity index (χ3v) is 2.36. The van der Waals surface area contributed by atoms with Crippen molar-refractivity contribution in [2.24, 2.45) is 11.7 Å². The Balaban J connectivity index is 3.42. The molecule has 0 aliphatic carbocycles. The number of ether oxygens (including phenoxy) is 1. The van der Waals surface area contributed by atoms with E-state index in [1.165, 1.54) is 0 Å². The van der Waals surface area contributed by atoms with Gasteiger partial charge in [0, 0.05) is 19.6 Å². The molecule has 0 saturated carbocycles. The van der Waals surface area contributed by atoms with E-state index in [1.807, 2.05) is 6.92 Å². The van der Waals surface area contributed by atoms with Crippen molar-refractivity contribution in [3.8, 4) is 0 Å². The summed E-state index contributed by atoms with van der Waals surface area (Å²) >= 11 is 0. The van der Waals surface area contributed by atoms with Crippen LogP contribution < -0.4 is 16.4 Å². The molecule has 0 saturated heterocycles. The van der Waals surface area contributed by atoms with E-state index >= 15 is 0 Å². The first-order chi connectivity index (χ1) is 8.41. The van der Waals surface area contributed by atoms with Crippen molar-refractivity contribution in [1.82, 2.24) is 10.6 Å². The third kappa shape index (κ3) is 11.6. The van der Waals surface area contributed by atoms with Crippen molar-refractivity contribution >= 4 is 6.03 Å². The molecule has 0 fully saturated rings. The van der Waals surface area contributed by atoms with Gasteiger partial charge in [-0.2, -0.15) is 0 Å². The van der Waals surface area contributed by atoms with E-state index in [4.69, 9.17) is 10.5 Å². The molecule has 0 radical (unpaired) electrons. The zero-order chi connectivity index (χ0) is 14.0. The van der Waals surface area contributed by atoms with Crippen LogP contribution in [0.2, 0.25) is 0 Å². The van der Waals surface area contributed by atoms with Crippen LogP contribution in [0.3, 0.4) is 0 Å². The van der Waals surface area contributed by atoms with Crippen LogP contribution in [0.4, 0.5) is 4.79 Å². The third-order valence-electron chi connectivity index (χ3n) is 2.36. The maximum atomic E-state index is 10.4. The van der Waals surface area contributed by atoms with Gasteiger partial charge in [0.15, 0.2) is 0 Å². The van der Waals surface area contributed by atoms with Crippen molar-refractivity contribution in [2.45, 2.75) is 39.4 Å². The minimum Gasteiger partial charge on any atom is -0.389 e. The summed E-state index contributed by atoms with van der Waals surface area (Å²) in [5, 5.41) is 15.1. The molecule has 2 amide bonds. The molecule has 0 spiro atoms. The largest absolute Gasteiger partial charge is 0.389 e. The Morgan fingerprint density at radius 1 is 1.33 bits per heavy atom. The van der Waals surface area contributed by atoms with E-state index in [0.717, 1.165) is 6.42 Å². The van der Waals surface area contributed by atoms with Gasteiger partial charge in [0.1, 0.15) is 0 Å². The van der Waals surface area contributed by atoms with Gasteiger partial charge in [-0.15, -0.1) is 0 Å². The number of urea groups is 1. The molecule has 0 aliphatic rings. The lowest BCUT2D eigenvalue weighted by atomic mass is 10.1. The normalized spacial score (nSPS) is 14.5. The van der Waals surface area contributed by atoms with E-state index in [9.17, 15) is 9.90 Å². The van der Waals surface area contributed by atoms with Crippen LogP contribution in [-0.2, 0) is 4.74 Å². The Bertz CT molecular complexity index is 225. The SMILES string of the molecule is CC(C)CC(C)OCC(O)CNCCNC(N)=O. The van der Waals surface area contributed by atoms with Crippen LogP contribution in [0.1, 0.15) is 27.2 Å². The van der Waals surface area contributed by atoms with Crippen molar-refractivity contribution in [1.29, 1.82) is 0 Å². The standard InChI is InChI=1S/C12H27N3O3/c1-9(2)6-10(3)18-8-11(16)7-14-4-5-15-12(13)17/h9-11,14,16H,4-8H2,1-3H3,(H3,13,15,17). The average Bonchev–Trinajstić information content (AvgIpc) is 2.24. The highest BCUT2D eigenvalue weighted by molar-refractivity contribution is 5.71. The van der Waals surface area contributed by atoms with Gasteiger partial charge < -0.3 is 26.2 Å². The summed E-state index contributed by atoms with van der Waals surface area (Å²) in [6.07, 6.45) is 0.618. The molecule has 0 aromatic rings. The predicted octanol–water partition coefficient (Wildman–Crippen LogP) is 0.0564. The van der Waals surface area contributed by atoms with Gasteiger partial charge in [0.2, 0.25) is 0 Å². The monoisotopic (exact) mass is 261 g/mol. The highest BCUT2D eigenvalue weighted by atomic mass is 16.5. The van der Waals surface area contributed by atoms with Crippen LogP contribution in [0.25, 0.3) is 0 Å². The summed E-state index contributed by atoms with van der Waals surface area (Å²) in [5.41, 5.74) is 4.91. The number of amides is 2. The molecule has 18 heavy (non-hydrogen) atoms. The zero-order valence-electron chi connectivity index (χ0n) is 11.6. The maximum absolute atomic E-state index is 10.4. The first-order valence-corrected chi connectivity index (χ1v) is 6.45. The molecule has 5 N–H and O–H groups in total. The molecule has 6 nitrogen and oxygen atoms in total. The Morgan fingerprint density at radius 2 is 2.00 bits per heavy atom. The Labute approximate surface area is 109 Å². The molecule has 2 atom stereocenters. The number of nitrogens with two attached hydrogens (primary N) is 1. The fraction of sp³-hybridized carbons (Fsp3) is 0.917. The van der Waals surface area contributed by atoms with Gasteiger partial charge in [0.25, 0.3) is 0 Å². The maximum Gasteiger partial charge on any atom is 0.312 e. The summed E-state index contributed by atoms with van der Waals surface area (Å²) in [6.45, 7) is 8.08. The second-order valence-electron chi connectivity index (χ2n) is 4.92. The summed E-state index contributed by atoms with van der Waals surface area (Å²) < 4.78 is 5.53. The molecule has 108 valence electrons. The lowest BCUT2D eigenvalue weighted by Gasteiger charge is -2.18. The summed E-state index contributed by atoms with van der Waals surface area (Å²) in [7, 11) is 0. The number of nitrogens with one attached hydrogen (secondary N) is 2. The van der Waals surface area contributed by atoms with Gasteiger partial charge >= 0.3 is 6.03 Å². The molecule has 6 heteroatoms. The smallest absolute Gasteiger partial charge is 0.312 e. The van der Waals surface area contributed by atoms with Crippen LogP contribution in [0.5, 0.6) is 0 Å². The van der Waals surface area contributed by atoms with Gasteiger partial charge in [-0.3, -0.25) is 0 Å². The van der Waals surface area contributed by atoms with E-state index in [2.05, 4.69) is 24.5 Å². The van der Waals surface area contributed by atoms with Gasteiger partial charge in [0.05, 0.1) is 18.8 Å². The highest BCUT2D eigenvalue weighted by Gasteiger charge is 2.09. The number of aliphatic hydroxyl groups is 1. The quantitative estimate of drug-likeness (QED) is 0.418. The molecule has 0 aliphatic heterocycles. The predicted molar refractivity (Wildman–Crippen MR) is 71.3 cm³/mol. The van der Waals surface area contributed by atoms with Gasteiger partial charge in [-0.05, 0) is 19.3 Å². The number of hydrogen-bond acceptors (Lipinski definition) is 4. The molecule has 2 unspecified atom stereocenters. The van der Waals surface area contributed by atoms with Crippen LogP contribution in [0, 0.1) is 5.92 Å². The van der Waals surface area contributed by atoms with Crippen molar-refractivity contribution in [2.75, 3.05) is 26.2 Å². The Morgan fingerprint density at radius 3 is 2.56 bits per heavy atom. The topological polar surface area (TPSA) is 96.6 Å². The number of aliphatic hydroxyl groups excluding tert-OH is 1. The molecule has 0 aromatic heterocycles. The van der Waals surface area contributed by atoms with Crippen LogP contribution >= 0.6 is 0 Å². The first-order valence-electron chi connectivity index (χ1n) is 6.45. The first kappa shape index (κ1) is 17.2. The lowest BCUT2D eigenvalue weighted by Crippen LogP contribution is -2.38. The molecular formula is C12H27N3O3. The van der Waals surface area contributed by atoms with E-state index in [0.29, 0.717) is 32.2 Å². The Hall–Kier alpha value is -0.850. The number of hydrogen-bond donors (Lipinski definition) is 4. The number of carbonyl (C=O) groups is 1. The summed E-state index contributed by atoms with van der Waals surface area (Å²) in [4.78, 5) is 10.4. The fourth-order valence-corrected chi connectivity index (χ4v) is 1.61. The van der Waals surface area contributed by atoms with E-state index in [-0.39, 0.29) is 6.10 Å². The minimum absolute atomic E-state index is 0.163. The number of primary amides is 1. The average molecular weight is 261 g/mol. The summed E-state index contributed by atoms with van der Waals surface area (Å²) in [5.74, 6) is 0.593. The van der Waals surface area contributed by atoms with E-state index in [1.54, 1.807) is 0 Å². The molecule has 0 aromatic carbocycles. The number of carbonyl (C=O) groups excluding carboxylic acids is 1. The van der Waals surface area contributed by atoms with Crippen molar-refractivity contribution < 1.29 is 14.6 Å². The second-order valence-corrected chi connectivity index (χ2v) is 4.92. The Kier molecular flexibility index (Phi) is 9.63. The number of rotatable bonds is 10. The lowest BCUT2D eigenvalue weighted by molar-refractivity contribution is -0.00837. The van der Waals surface area contributed by atoms with Crippen LogP contribution in [-0.4, -0.2) is 49.6 Å². The molecule has 0 heterocycles. The van der Waals surface area contributed by atoms with E-state index < -0.39 is 12.1 Å². The minimum atomic E-state index is -0.539. The molecular weight excluding hydrogens is 234 g/mol. The molecule has 0 bridgehead atoms. The molecule has 0 rings (SSSR count). The fourth-order valence-electron chi connectivity index (χ4n) is 1.61. The second kappa shape index (κ2) is 10.1. The van der Waals surface area contributed by atoms with Crippen molar-refractivity contribution in [3.05, 3.63) is 0 Å². The van der Waals surface area contributed by atoms with Gasteiger partial charge in [-0.25, -0.2) is 4.79 Å².